The fourth-order valence-corrected chi connectivity index (χ4v) is 1.74. The topological polar surface area (TPSA) is 37.1 Å². The maximum atomic E-state index is 10.9. The predicted molar refractivity (Wildman–Crippen MR) is 52.9 cm³/mol. The Hall–Kier alpha value is -0.450. The third-order valence-electron chi connectivity index (χ3n) is 1.44. The zero-order valence-electron chi connectivity index (χ0n) is 6.66. The van der Waals surface area contributed by atoms with E-state index in [1.165, 1.54) is 25.2 Å². The number of benzene rings is 1. The van der Waals surface area contributed by atoms with E-state index in [2.05, 4.69) is 0 Å². The zero-order valence-corrected chi connectivity index (χ0v) is 8.99. The summed E-state index contributed by atoms with van der Waals surface area (Å²) in [4.78, 5) is 11.3. The summed E-state index contributed by atoms with van der Waals surface area (Å²) in [6, 6.07) is 4.40. The fraction of sp³-hybridized carbons (Fsp3) is 0.143. The molecule has 3 nitrogen and oxygen atoms in total. The van der Waals surface area contributed by atoms with Gasteiger partial charge in [0.2, 0.25) is 0 Å². The lowest BCUT2D eigenvalue weighted by Crippen LogP contribution is -1.93. The molecule has 1 aromatic carbocycles. The first kappa shape index (κ1) is 10.6. The predicted octanol–water partition coefficient (Wildman–Crippen LogP) is 2.64. The number of nitrogens with zero attached hydrogens (tertiary/aromatic N) is 1. The summed E-state index contributed by atoms with van der Waals surface area (Å²) >= 11 is 5.71. The van der Waals surface area contributed by atoms with Gasteiger partial charge in [-0.05, 0) is 22.8 Å². The van der Waals surface area contributed by atoms with Gasteiger partial charge in [0.25, 0.3) is 5.69 Å². The van der Waals surface area contributed by atoms with Crippen molar-refractivity contribution in [3.05, 3.63) is 28.1 Å². The van der Waals surface area contributed by atoms with Crippen LogP contribution in [0.25, 0.3) is 0 Å². The number of nitroso groups, excluding NO2 is 1. The highest BCUT2D eigenvalue weighted by atomic mass is 35.7. The van der Waals surface area contributed by atoms with Crippen LogP contribution in [-0.2, 0) is 10.0 Å². The van der Waals surface area contributed by atoms with Crippen molar-refractivity contribution >= 4 is 38.0 Å². The van der Waals surface area contributed by atoms with E-state index < -0.39 is 10.0 Å². The minimum absolute atomic E-state index is 0.258. The second-order valence-electron chi connectivity index (χ2n) is 2.33. The Morgan fingerprint density at radius 1 is 1.46 bits per heavy atom. The van der Waals surface area contributed by atoms with Gasteiger partial charge in [-0.1, -0.05) is 11.6 Å². The van der Waals surface area contributed by atoms with Crippen LogP contribution >= 0.6 is 22.3 Å². The van der Waals surface area contributed by atoms with Gasteiger partial charge in [-0.15, -0.1) is 0 Å². The molecule has 13 heavy (non-hydrogen) atoms. The minimum atomic E-state index is -1.62. The van der Waals surface area contributed by atoms with Crippen LogP contribution in [0.5, 0.6) is 0 Å². The van der Waals surface area contributed by atoms with E-state index in [1.54, 1.807) is 0 Å². The molecule has 0 aromatic heterocycles. The average molecular weight is 239 g/mol. The van der Waals surface area contributed by atoms with Crippen molar-refractivity contribution in [1.82, 2.24) is 0 Å². The molecule has 0 fully saturated rings. The molecule has 0 spiro atoms. The van der Waals surface area contributed by atoms with E-state index in [0.29, 0.717) is 14.7 Å². The molecule has 0 radical (unpaired) electrons. The molecular formula is C7H6Cl2NO2S+. The largest absolute Gasteiger partial charge is 0.275 e. The van der Waals surface area contributed by atoms with E-state index in [-0.39, 0.29) is 5.69 Å². The van der Waals surface area contributed by atoms with Crippen LogP contribution in [0, 0.1) is 4.91 Å². The Balaban J connectivity index is 3.27. The van der Waals surface area contributed by atoms with Gasteiger partial charge in [-0.3, -0.25) is 0 Å². The molecule has 6 heteroatoms. The van der Waals surface area contributed by atoms with Crippen molar-refractivity contribution in [1.29, 1.82) is 0 Å². The first-order chi connectivity index (χ1) is 6.02. The molecule has 1 aromatic rings. The molecule has 0 heterocycles. The van der Waals surface area contributed by atoms with E-state index in [0.717, 1.165) is 0 Å². The van der Waals surface area contributed by atoms with E-state index in [4.69, 9.17) is 22.3 Å². The number of hydrogen-bond donors (Lipinski definition) is 0. The third-order valence-corrected chi connectivity index (χ3v) is 2.92. The molecule has 1 atom stereocenters. The quantitative estimate of drug-likeness (QED) is 0.587. The summed E-state index contributed by atoms with van der Waals surface area (Å²) in [6.07, 6.45) is 0. The Morgan fingerprint density at radius 2 is 2.08 bits per heavy atom. The maximum Gasteiger partial charge on any atom is 0.275 e. The van der Waals surface area contributed by atoms with Gasteiger partial charge in [-0.25, -0.2) is 4.21 Å². The van der Waals surface area contributed by atoms with Crippen molar-refractivity contribution in [2.45, 2.75) is 4.90 Å². The molecule has 0 saturated carbocycles. The Labute approximate surface area is 87.2 Å². The lowest BCUT2D eigenvalue weighted by molar-refractivity contribution is -0.428. The van der Waals surface area contributed by atoms with Crippen molar-refractivity contribution in [3.63, 3.8) is 0 Å². The van der Waals surface area contributed by atoms with Gasteiger partial charge in [0.1, 0.15) is 15.0 Å². The van der Waals surface area contributed by atoms with Gasteiger partial charge in [0.15, 0.2) is 7.05 Å². The molecule has 0 amide bonds. The molecule has 0 aliphatic heterocycles. The smallest absolute Gasteiger partial charge is 0.237 e. The zero-order chi connectivity index (χ0) is 10.0. The summed E-state index contributed by atoms with van der Waals surface area (Å²) in [5.41, 5.74) is 0.258. The molecule has 1 rings (SSSR count). The van der Waals surface area contributed by atoms with Gasteiger partial charge in [-0.2, -0.15) is 0 Å². The molecule has 70 valence electrons. The summed E-state index contributed by atoms with van der Waals surface area (Å²) in [7, 11) is 5.03. The Kier molecular flexibility index (Phi) is 3.41. The first-order valence-electron chi connectivity index (χ1n) is 3.31. The monoisotopic (exact) mass is 238 g/mol. The lowest BCUT2D eigenvalue weighted by atomic mass is 10.3. The SMILES string of the molecule is C[N+](=O)c1cc(S(=O)Cl)ccc1Cl. The standard InChI is InChI=1S/C7H6Cl2NO2S/c1-10(11)7-4-5(13(9)12)2-3-6(7)8/h2-4H,1H3/q+1. The Bertz CT molecular complexity index is 381. The van der Waals surface area contributed by atoms with Gasteiger partial charge < -0.3 is 0 Å². The second-order valence-corrected chi connectivity index (χ2v) is 4.50. The lowest BCUT2D eigenvalue weighted by Gasteiger charge is -1.95. The fourth-order valence-electron chi connectivity index (χ4n) is 0.834. The van der Waals surface area contributed by atoms with Crippen molar-refractivity contribution in [2.24, 2.45) is 0 Å². The number of hydrogen-bond acceptors (Lipinski definition) is 2. The van der Waals surface area contributed by atoms with E-state index in [1.807, 2.05) is 0 Å². The summed E-state index contributed by atoms with van der Waals surface area (Å²) in [5, 5.41) is 0.309. The van der Waals surface area contributed by atoms with Crippen molar-refractivity contribution in [3.8, 4) is 0 Å². The highest BCUT2D eigenvalue weighted by molar-refractivity contribution is 8.08. The normalized spacial score (nSPS) is 12.5. The van der Waals surface area contributed by atoms with Gasteiger partial charge in [0.05, 0.1) is 4.90 Å². The number of rotatable bonds is 2. The van der Waals surface area contributed by atoms with E-state index in [9.17, 15) is 9.12 Å². The van der Waals surface area contributed by atoms with E-state index >= 15 is 0 Å². The molecule has 0 aliphatic rings. The minimum Gasteiger partial charge on any atom is -0.237 e. The van der Waals surface area contributed by atoms with Crippen LogP contribution < -0.4 is 0 Å². The molecule has 0 aliphatic carbocycles. The molecular weight excluding hydrogens is 233 g/mol. The Morgan fingerprint density at radius 3 is 2.54 bits per heavy atom. The summed E-state index contributed by atoms with van der Waals surface area (Å²) < 4.78 is 11.4. The van der Waals surface area contributed by atoms with Crippen LogP contribution in [0.3, 0.4) is 0 Å². The second kappa shape index (κ2) is 4.17. The van der Waals surface area contributed by atoms with Crippen LogP contribution in [0.15, 0.2) is 23.1 Å². The van der Waals surface area contributed by atoms with Crippen LogP contribution in [0.4, 0.5) is 5.69 Å². The van der Waals surface area contributed by atoms with Crippen LogP contribution in [-0.4, -0.2) is 16.0 Å². The van der Waals surface area contributed by atoms with Crippen molar-refractivity contribution in [2.75, 3.05) is 7.05 Å². The highest BCUT2D eigenvalue weighted by Gasteiger charge is 2.15. The average Bonchev–Trinajstić information content (AvgIpc) is 2.04. The molecule has 1 unspecified atom stereocenters. The first-order valence-corrected chi connectivity index (χ1v) is 5.66. The highest BCUT2D eigenvalue weighted by Crippen LogP contribution is 2.26. The molecule has 0 N–H and O–H groups in total. The summed E-state index contributed by atoms with van der Waals surface area (Å²) in [5.74, 6) is 0. The van der Waals surface area contributed by atoms with Gasteiger partial charge >= 0.3 is 0 Å². The van der Waals surface area contributed by atoms with Crippen LogP contribution in [0.2, 0.25) is 5.02 Å². The molecule has 0 bridgehead atoms. The molecule has 0 saturated heterocycles. The summed E-state index contributed by atoms with van der Waals surface area (Å²) in [6.45, 7) is 0. The van der Waals surface area contributed by atoms with Gasteiger partial charge in [0, 0.05) is 15.7 Å². The van der Waals surface area contributed by atoms with Crippen molar-refractivity contribution < 1.29 is 8.97 Å². The van der Waals surface area contributed by atoms with Crippen LogP contribution in [0.1, 0.15) is 0 Å². The maximum absolute atomic E-state index is 10.9. The number of halogens is 2. The third kappa shape index (κ3) is 2.49.